The van der Waals surface area contributed by atoms with E-state index in [1.165, 1.54) is 6.07 Å². The zero-order chi connectivity index (χ0) is 15.0. The molecule has 0 spiro atoms. The molecule has 1 amide bonds. The van der Waals surface area contributed by atoms with E-state index < -0.39 is 0 Å². The predicted molar refractivity (Wildman–Crippen MR) is 77.4 cm³/mol. The average molecular weight is 277 g/mol. The Morgan fingerprint density at radius 3 is 2.85 bits per heavy atom. The summed E-state index contributed by atoms with van der Waals surface area (Å²) in [6.45, 7) is 3.31. The highest BCUT2D eigenvalue weighted by Gasteiger charge is 2.09. The van der Waals surface area contributed by atoms with Gasteiger partial charge in [-0.15, -0.1) is 0 Å². The van der Waals surface area contributed by atoms with Crippen molar-refractivity contribution in [3.63, 3.8) is 0 Å². The van der Waals surface area contributed by atoms with Gasteiger partial charge in [-0.3, -0.25) is 9.69 Å². The van der Waals surface area contributed by atoms with E-state index in [0.29, 0.717) is 24.2 Å². The molecule has 0 aliphatic carbocycles. The fourth-order valence-electron chi connectivity index (χ4n) is 1.75. The number of hydrogen-bond donors (Lipinski definition) is 2. The van der Waals surface area contributed by atoms with E-state index in [4.69, 9.17) is 5.73 Å². The SMILES string of the molecule is CCNC(=O)CN(C)Cc1ccc(C#CCN)cc1F. The smallest absolute Gasteiger partial charge is 0.234 e. The summed E-state index contributed by atoms with van der Waals surface area (Å²) < 4.78 is 13.9. The first-order valence-electron chi connectivity index (χ1n) is 6.49. The van der Waals surface area contributed by atoms with Gasteiger partial charge in [0.25, 0.3) is 0 Å². The minimum absolute atomic E-state index is 0.0687. The van der Waals surface area contributed by atoms with Crippen LogP contribution in [0.25, 0.3) is 0 Å². The lowest BCUT2D eigenvalue weighted by Crippen LogP contribution is -2.34. The number of halogens is 1. The molecule has 0 heterocycles. The topological polar surface area (TPSA) is 58.4 Å². The lowest BCUT2D eigenvalue weighted by atomic mass is 10.1. The molecular formula is C15H20FN3O. The highest BCUT2D eigenvalue weighted by molar-refractivity contribution is 5.77. The van der Waals surface area contributed by atoms with Crippen LogP contribution in [0, 0.1) is 17.7 Å². The van der Waals surface area contributed by atoms with Crippen LogP contribution in [0.2, 0.25) is 0 Å². The second-order valence-electron chi connectivity index (χ2n) is 4.44. The maximum absolute atomic E-state index is 13.9. The van der Waals surface area contributed by atoms with Crippen LogP contribution in [0.4, 0.5) is 4.39 Å². The van der Waals surface area contributed by atoms with Crippen molar-refractivity contribution in [1.29, 1.82) is 0 Å². The molecule has 0 fully saturated rings. The molecule has 0 bridgehead atoms. The number of nitrogens with zero attached hydrogens (tertiary/aromatic N) is 1. The van der Waals surface area contributed by atoms with Gasteiger partial charge in [0.15, 0.2) is 0 Å². The summed E-state index contributed by atoms with van der Waals surface area (Å²) in [5.41, 5.74) is 6.41. The lowest BCUT2D eigenvalue weighted by Gasteiger charge is -2.16. The fraction of sp³-hybridized carbons (Fsp3) is 0.400. The Morgan fingerprint density at radius 1 is 1.50 bits per heavy atom. The molecule has 0 saturated heterocycles. The first-order chi connectivity index (χ1) is 9.56. The largest absolute Gasteiger partial charge is 0.355 e. The number of hydrogen-bond acceptors (Lipinski definition) is 3. The van der Waals surface area contributed by atoms with Gasteiger partial charge in [-0.2, -0.15) is 0 Å². The summed E-state index contributed by atoms with van der Waals surface area (Å²) >= 11 is 0. The van der Waals surface area contributed by atoms with Gasteiger partial charge in [-0.05, 0) is 26.1 Å². The molecule has 0 saturated carbocycles. The molecule has 20 heavy (non-hydrogen) atoms. The Kier molecular flexibility index (Phi) is 6.71. The second kappa shape index (κ2) is 8.31. The van der Waals surface area contributed by atoms with E-state index in [1.807, 2.05) is 6.92 Å². The van der Waals surface area contributed by atoms with Crippen molar-refractivity contribution in [2.24, 2.45) is 5.73 Å². The zero-order valence-electron chi connectivity index (χ0n) is 11.9. The monoisotopic (exact) mass is 277 g/mol. The van der Waals surface area contributed by atoms with Gasteiger partial charge in [-0.25, -0.2) is 4.39 Å². The fourth-order valence-corrected chi connectivity index (χ4v) is 1.75. The molecule has 0 atom stereocenters. The molecule has 0 aliphatic rings. The molecule has 0 radical (unpaired) electrons. The molecule has 4 nitrogen and oxygen atoms in total. The summed E-state index contributed by atoms with van der Waals surface area (Å²) in [6, 6.07) is 4.82. The van der Waals surface area contributed by atoms with E-state index in [-0.39, 0.29) is 24.8 Å². The molecule has 5 heteroatoms. The number of benzene rings is 1. The Morgan fingerprint density at radius 2 is 2.25 bits per heavy atom. The molecule has 0 aromatic heterocycles. The molecule has 1 aromatic carbocycles. The van der Waals surface area contributed by atoms with Gasteiger partial charge in [0.2, 0.25) is 5.91 Å². The standard InChI is InChI=1S/C15H20FN3O/c1-3-18-15(20)11-19(2)10-13-7-6-12(5-4-8-17)9-14(13)16/h6-7,9H,3,8,10-11,17H2,1-2H3,(H,18,20). The van der Waals surface area contributed by atoms with Crippen LogP contribution >= 0.6 is 0 Å². The van der Waals surface area contributed by atoms with Crippen LogP contribution < -0.4 is 11.1 Å². The number of carbonyl (C=O) groups excluding carboxylic acids is 1. The minimum Gasteiger partial charge on any atom is -0.355 e. The van der Waals surface area contributed by atoms with E-state index in [2.05, 4.69) is 17.2 Å². The zero-order valence-corrected chi connectivity index (χ0v) is 11.9. The molecule has 1 aromatic rings. The van der Waals surface area contributed by atoms with Gasteiger partial charge in [0.05, 0.1) is 13.1 Å². The highest BCUT2D eigenvalue weighted by atomic mass is 19.1. The van der Waals surface area contributed by atoms with E-state index >= 15 is 0 Å². The number of nitrogens with one attached hydrogen (secondary N) is 1. The van der Waals surface area contributed by atoms with Gasteiger partial charge in [0.1, 0.15) is 5.82 Å². The maximum atomic E-state index is 13.9. The Labute approximate surface area is 119 Å². The predicted octanol–water partition coefficient (Wildman–Crippen LogP) is 0.704. The van der Waals surface area contributed by atoms with Crippen molar-refractivity contribution in [3.8, 4) is 11.8 Å². The second-order valence-corrected chi connectivity index (χ2v) is 4.44. The number of carbonyl (C=O) groups is 1. The van der Waals surface area contributed by atoms with Crippen molar-refractivity contribution < 1.29 is 9.18 Å². The number of likely N-dealkylation sites (N-methyl/N-ethyl adjacent to an activating group) is 2. The van der Waals surface area contributed by atoms with Crippen LogP contribution in [0.3, 0.4) is 0 Å². The maximum Gasteiger partial charge on any atom is 0.234 e. The van der Waals surface area contributed by atoms with Crippen LogP contribution in [-0.2, 0) is 11.3 Å². The molecule has 108 valence electrons. The van der Waals surface area contributed by atoms with Gasteiger partial charge < -0.3 is 11.1 Å². The normalized spacial score (nSPS) is 10.1. The molecule has 1 rings (SSSR count). The third-order valence-electron chi connectivity index (χ3n) is 2.62. The molecule has 0 aliphatic heterocycles. The number of rotatable bonds is 5. The van der Waals surface area contributed by atoms with Crippen molar-refractivity contribution in [2.45, 2.75) is 13.5 Å². The Hall–Kier alpha value is -1.90. The molecular weight excluding hydrogens is 257 g/mol. The first-order valence-corrected chi connectivity index (χ1v) is 6.49. The number of nitrogens with two attached hydrogens (primary N) is 1. The number of amides is 1. The van der Waals surface area contributed by atoms with Crippen LogP contribution in [0.5, 0.6) is 0 Å². The quantitative estimate of drug-likeness (QED) is 0.779. The van der Waals surface area contributed by atoms with Crippen LogP contribution in [0.1, 0.15) is 18.1 Å². The van der Waals surface area contributed by atoms with Crippen LogP contribution in [0.15, 0.2) is 18.2 Å². The lowest BCUT2D eigenvalue weighted by molar-refractivity contribution is -0.121. The summed E-state index contributed by atoms with van der Waals surface area (Å²) in [6.07, 6.45) is 0. The Balaban J connectivity index is 2.66. The van der Waals surface area contributed by atoms with E-state index in [1.54, 1.807) is 24.1 Å². The highest BCUT2D eigenvalue weighted by Crippen LogP contribution is 2.11. The first kappa shape index (κ1) is 16.2. The van der Waals surface area contributed by atoms with Crippen molar-refractivity contribution in [2.75, 3.05) is 26.7 Å². The van der Waals surface area contributed by atoms with Crippen molar-refractivity contribution in [1.82, 2.24) is 10.2 Å². The summed E-state index contributed by atoms with van der Waals surface area (Å²) in [5.74, 6) is 5.07. The minimum atomic E-state index is -0.323. The van der Waals surface area contributed by atoms with Gasteiger partial charge in [0, 0.05) is 24.2 Å². The Bertz CT molecular complexity index is 520. The average Bonchev–Trinajstić information content (AvgIpc) is 2.39. The van der Waals surface area contributed by atoms with Crippen molar-refractivity contribution >= 4 is 5.91 Å². The third kappa shape index (κ3) is 5.39. The van der Waals surface area contributed by atoms with E-state index in [9.17, 15) is 9.18 Å². The molecule has 0 unspecified atom stereocenters. The molecule has 3 N–H and O–H groups in total. The van der Waals surface area contributed by atoms with E-state index in [0.717, 1.165) is 0 Å². The summed E-state index contributed by atoms with van der Waals surface area (Å²) in [5, 5.41) is 2.70. The van der Waals surface area contributed by atoms with Crippen LogP contribution in [-0.4, -0.2) is 37.5 Å². The van der Waals surface area contributed by atoms with Gasteiger partial charge in [-0.1, -0.05) is 17.9 Å². The summed E-state index contributed by atoms with van der Waals surface area (Å²) in [4.78, 5) is 13.2. The van der Waals surface area contributed by atoms with Gasteiger partial charge >= 0.3 is 0 Å². The van der Waals surface area contributed by atoms with Crippen molar-refractivity contribution in [3.05, 3.63) is 35.1 Å². The third-order valence-corrected chi connectivity index (χ3v) is 2.62. The summed E-state index contributed by atoms with van der Waals surface area (Å²) in [7, 11) is 1.77.